The lowest BCUT2D eigenvalue weighted by Gasteiger charge is -2.16. The van der Waals surface area contributed by atoms with Crippen molar-refractivity contribution in [1.29, 1.82) is 5.26 Å². The van der Waals surface area contributed by atoms with Crippen LogP contribution in [0.1, 0.15) is 12.8 Å². The minimum Gasteiger partial charge on any atom is -0.358 e. The topological polar surface area (TPSA) is 56.1 Å². The number of carbonyl (C=O) groups is 1. The molecule has 0 aliphatic carbocycles. The first-order valence-electron chi connectivity index (χ1n) is 4.12. The number of rotatable bonds is 2. The maximum absolute atomic E-state index is 11.0. The summed E-state index contributed by atoms with van der Waals surface area (Å²) in [5.74, 6) is -0.0165. The van der Waals surface area contributed by atoms with Crippen LogP contribution in [0, 0.1) is 11.3 Å². The number of hydrogen-bond acceptors (Lipinski definition) is 3. The van der Waals surface area contributed by atoms with E-state index in [1.165, 1.54) is 0 Å². The second-order valence-electron chi connectivity index (χ2n) is 2.93. The number of nitrogens with zero attached hydrogens (tertiary/aromatic N) is 2. The van der Waals surface area contributed by atoms with Crippen molar-refractivity contribution in [3.05, 3.63) is 0 Å². The highest BCUT2D eigenvalue weighted by Crippen LogP contribution is 2.15. The molecular weight excluding hydrogens is 154 g/mol. The Morgan fingerprint density at radius 1 is 1.83 bits per heavy atom. The van der Waals surface area contributed by atoms with Crippen molar-refractivity contribution < 1.29 is 4.79 Å². The standard InChI is InChI=1S/C8H13N3O/c1-10-8(12)6-11-4-2-3-7(11)5-9/h7H,2-4,6H2,1H3,(H,10,12). The third-order valence-electron chi connectivity index (χ3n) is 2.14. The van der Waals surface area contributed by atoms with E-state index in [1.54, 1.807) is 7.05 Å². The summed E-state index contributed by atoms with van der Waals surface area (Å²) in [6, 6.07) is 2.14. The van der Waals surface area contributed by atoms with Crippen molar-refractivity contribution in [3.63, 3.8) is 0 Å². The van der Waals surface area contributed by atoms with E-state index in [4.69, 9.17) is 5.26 Å². The average molecular weight is 167 g/mol. The summed E-state index contributed by atoms with van der Waals surface area (Å²) in [6.45, 7) is 1.22. The smallest absolute Gasteiger partial charge is 0.233 e. The van der Waals surface area contributed by atoms with Crippen LogP contribution in [0.5, 0.6) is 0 Å². The Morgan fingerprint density at radius 2 is 2.58 bits per heavy atom. The van der Waals surface area contributed by atoms with Gasteiger partial charge in [-0.05, 0) is 12.8 Å². The van der Waals surface area contributed by atoms with Crippen LogP contribution in [0.3, 0.4) is 0 Å². The van der Waals surface area contributed by atoms with Gasteiger partial charge >= 0.3 is 0 Å². The molecule has 1 rings (SSSR count). The van der Waals surface area contributed by atoms with Crippen LogP contribution >= 0.6 is 0 Å². The molecule has 0 aromatic rings. The molecule has 1 N–H and O–H groups in total. The lowest BCUT2D eigenvalue weighted by atomic mass is 10.2. The highest BCUT2D eigenvalue weighted by molar-refractivity contribution is 5.77. The number of amides is 1. The minimum atomic E-state index is -0.0534. The second-order valence-corrected chi connectivity index (χ2v) is 2.93. The van der Waals surface area contributed by atoms with Gasteiger partial charge in [0.05, 0.1) is 18.7 Å². The van der Waals surface area contributed by atoms with Gasteiger partial charge < -0.3 is 5.32 Å². The molecule has 0 aromatic carbocycles. The van der Waals surface area contributed by atoms with E-state index in [1.807, 2.05) is 4.90 Å². The van der Waals surface area contributed by atoms with Crippen molar-refractivity contribution in [2.75, 3.05) is 20.1 Å². The van der Waals surface area contributed by atoms with Gasteiger partial charge in [-0.25, -0.2) is 0 Å². The molecule has 0 radical (unpaired) electrons. The number of nitriles is 1. The van der Waals surface area contributed by atoms with Gasteiger partial charge in [0, 0.05) is 13.6 Å². The van der Waals surface area contributed by atoms with Crippen LogP contribution in [0.25, 0.3) is 0 Å². The highest BCUT2D eigenvalue weighted by Gasteiger charge is 2.25. The molecule has 0 aromatic heterocycles. The van der Waals surface area contributed by atoms with Gasteiger partial charge in [0.15, 0.2) is 0 Å². The Bertz CT molecular complexity index is 209. The maximum atomic E-state index is 11.0. The minimum absolute atomic E-state index is 0.0165. The fourth-order valence-electron chi connectivity index (χ4n) is 1.43. The SMILES string of the molecule is CNC(=O)CN1CCCC1C#N. The van der Waals surface area contributed by atoms with Gasteiger partial charge in [-0.1, -0.05) is 0 Å². The van der Waals surface area contributed by atoms with Crippen molar-refractivity contribution in [1.82, 2.24) is 10.2 Å². The van der Waals surface area contributed by atoms with Crippen molar-refractivity contribution in [2.45, 2.75) is 18.9 Å². The monoisotopic (exact) mass is 167 g/mol. The number of nitrogens with one attached hydrogen (secondary N) is 1. The summed E-state index contributed by atoms with van der Waals surface area (Å²) in [5.41, 5.74) is 0. The Kier molecular flexibility index (Phi) is 3.06. The normalized spacial score (nSPS) is 23.5. The molecule has 4 heteroatoms. The zero-order valence-electron chi connectivity index (χ0n) is 7.21. The fourth-order valence-corrected chi connectivity index (χ4v) is 1.43. The molecule has 1 heterocycles. The zero-order chi connectivity index (χ0) is 8.97. The quantitative estimate of drug-likeness (QED) is 0.615. The molecule has 1 unspecified atom stereocenters. The van der Waals surface area contributed by atoms with Crippen LogP contribution in [0.2, 0.25) is 0 Å². The largest absolute Gasteiger partial charge is 0.358 e. The molecular formula is C8H13N3O. The molecule has 1 aliphatic heterocycles. The van der Waals surface area contributed by atoms with Crippen LogP contribution in [-0.4, -0.2) is 37.0 Å². The first-order valence-corrected chi connectivity index (χ1v) is 4.12. The molecule has 0 saturated carbocycles. The summed E-state index contributed by atoms with van der Waals surface area (Å²) in [5, 5.41) is 11.2. The van der Waals surface area contributed by atoms with E-state index in [-0.39, 0.29) is 11.9 Å². The van der Waals surface area contributed by atoms with E-state index in [0.29, 0.717) is 6.54 Å². The highest BCUT2D eigenvalue weighted by atomic mass is 16.1. The van der Waals surface area contributed by atoms with Gasteiger partial charge in [-0.2, -0.15) is 5.26 Å². The average Bonchev–Trinajstić information content (AvgIpc) is 2.51. The van der Waals surface area contributed by atoms with Gasteiger partial charge in [0.2, 0.25) is 5.91 Å². The predicted molar refractivity (Wildman–Crippen MR) is 44.3 cm³/mol. The molecule has 66 valence electrons. The number of carbonyl (C=O) groups excluding carboxylic acids is 1. The summed E-state index contributed by atoms with van der Waals surface area (Å²) in [6.07, 6.45) is 1.92. The summed E-state index contributed by atoms with van der Waals surface area (Å²) >= 11 is 0. The molecule has 0 bridgehead atoms. The molecule has 1 amide bonds. The lowest BCUT2D eigenvalue weighted by molar-refractivity contribution is -0.121. The molecule has 1 aliphatic rings. The fraction of sp³-hybridized carbons (Fsp3) is 0.750. The van der Waals surface area contributed by atoms with Crippen LogP contribution in [0.4, 0.5) is 0 Å². The summed E-state index contributed by atoms with van der Waals surface area (Å²) in [4.78, 5) is 12.9. The summed E-state index contributed by atoms with van der Waals surface area (Å²) < 4.78 is 0. The van der Waals surface area contributed by atoms with E-state index in [2.05, 4.69) is 11.4 Å². The van der Waals surface area contributed by atoms with Crippen LogP contribution in [0.15, 0.2) is 0 Å². The van der Waals surface area contributed by atoms with Crippen molar-refractivity contribution in [3.8, 4) is 6.07 Å². The van der Waals surface area contributed by atoms with Gasteiger partial charge in [0.1, 0.15) is 0 Å². The molecule has 4 nitrogen and oxygen atoms in total. The zero-order valence-corrected chi connectivity index (χ0v) is 7.21. The number of hydrogen-bond donors (Lipinski definition) is 1. The first-order chi connectivity index (χ1) is 5.77. The number of likely N-dealkylation sites (N-methyl/N-ethyl adjacent to an activating group) is 1. The van der Waals surface area contributed by atoms with Crippen molar-refractivity contribution >= 4 is 5.91 Å². The van der Waals surface area contributed by atoms with Crippen LogP contribution < -0.4 is 5.32 Å². The number of likely N-dealkylation sites (tertiary alicyclic amines) is 1. The molecule has 1 saturated heterocycles. The van der Waals surface area contributed by atoms with E-state index >= 15 is 0 Å². The van der Waals surface area contributed by atoms with Gasteiger partial charge in [-0.3, -0.25) is 9.69 Å². The molecule has 1 fully saturated rings. The Balaban J connectivity index is 2.42. The Labute approximate surface area is 72.2 Å². The maximum Gasteiger partial charge on any atom is 0.233 e. The van der Waals surface area contributed by atoms with E-state index in [9.17, 15) is 4.79 Å². The third kappa shape index (κ3) is 1.95. The Hall–Kier alpha value is -1.08. The van der Waals surface area contributed by atoms with Gasteiger partial charge in [0.25, 0.3) is 0 Å². The van der Waals surface area contributed by atoms with Crippen LogP contribution in [-0.2, 0) is 4.79 Å². The second kappa shape index (κ2) is 4.07. The first kappa shape index (κ1) is 9.01. The predicted octanol–water partition coefficient (Wildman–Crippen LogP) is -0.280. The van der Waals surface area contributed by atoms with Gasteiger partial charge in [-0.15, -0.1) is 0 Å². The van der Waals surface area contributed by atoms with Crippen molar-refractivity contribution in [2.24, 2.45) is 0 Å². The summed E-state index contributed by atoms with van der Waals surface area (Å²) in [7, 11) is 1.61. The Morgan fingerprint density at radius 3 is 3.17 bits per heavy atom. The lowest BCUT2D eigenvalue weighted by Crippen LogP contribution is -2.37. The molecule has 1 atom stereocenters. The molecule has 0 spiro atoms. The van der Waals surface area contributed by atoms with E-state index in [0.717, 1.165) is 19.4 Å². The third-order valence-corrected chi connectivity index (χ3v) is 2.14. The molecule has 12 heavy (non-hydrogen) atoms. The van der Waals surface area contributed by atoms with E-state index < -0.39 is 0 Å².